The van der Waals surface area contributed by atoms with Gasteiger partial charge in [-0.3, -0.25) is 10.1 Å². The number of hydrogen-bond acceptors (Lipinski definition) is 4. The largest absolute Gasteiger partial charge is 0.462 e. The second-order valence-corrected chi connectivity index (χ2v) is 4.41. The molecule has 98 valence electrons. The molecule has 0 aliphatic heterocycles. The Morgan fingerprint density at radius 3 is 2.78 bits per heavy atom. The van der Waals surface area contributed by atoms with Crippen molar-refractivity contribution in [1.82, 2.24) is 0 Å². The molecule has 0 aliphatic carbocycles. The Morgan fingerprint density at radius 1 is 1.50 bits per heavy atom. The van der Waals surface area contributed by atoms with Gasteiger partial charge in [0.1, 0.15) is 0 Å². The summed E-state index contributed by atoms with van der Waals surface area (Å²) in [4.78, 5) is 22.0. The lowest BCUT2D eigenvalue weighted by atomic mass is 10.0. The van der Waals surface area contributed by atoms with E-state index in [0.717, 1.165) is 11.8 Å². The summed E-state index contributed by atoms with van der Waals surface area (Å²) < 4.78 is 4.87. The molecule has 0 radical (unpaired) electrons. The van der Waals surface area contributed by atoms with E-state index in [1.807, 2.05) is 0 Å². The zero-order valence-corrected chi connectivity index (χ0v) is 11.6. The van der Waals surface area contributed by atoms with E-state index in [9.17, 15) is 14.9 Å². The van der Waals surface area contributed by atoms with Crippen molar-refractivity contribution in [2.75, 3.05) is 11.9 Å². The number of benzene rings is 1. The van der Waals surface area contributed by atoms with Crippen LogP contribution in [0.5, 0.6) is 0 Å². The van der Waals surface area contributed by atoms with E-state index in [1.165, 1.54) is 12.1 Å². The van der Waals surface area contributed by atoms with Crippen molar-refractivity contribution in [1.29, 1.82) is 0 Å². The van der Waals surface area contributed by atoms with Gasteiger partial charge in [-0.05, 0) is 31.9 Å². The van der Waals surface area contributed by atoms with Crippen LogP contribution in [0.15, 0.2) is 18.2 Å². The molecule has 6 heteroatoms. The summed E-state index contributed by atoms with van der Waals surface area (Å²) in [5.74, 6) is -0.451. The summed E-state index contributed by atoms with van der Waals surface area (Å²) in [6.07, 6.45) is 1.32. The first-order chi connectivity index (χ1) is 8.60. The van der Waals surface area contributed by atoms with Gasteiger partial charge in [0.05, 0.1) is 17.1 Å². The predicted molar refractivity (Wildman–Crippen MR) is 71.2 cm³/mol. The Labute approximate surface area is 113 Å². The summed E-state index contributed by atoms with van der Waals surface area (Å²) in [5, 5.41) is 11.6. The van der Waals surface area contributed by atoms with Crippen LogP contribution in [0.25, 0.3) is 0 Å². The fraction of sp³-hybridized carbons (Fsp3) is 0.417. The van der Waals surface area contributed by atoms with E-state index >= 15 is 0 Å². The van der Waals surface area contributed by atoms with Crippen LogP contribution in [0.4, 0.5) is 5.69 Å². The predicted octanol–water partition coefficient (Wildman–Crippen LogP) is 3.10. The normalized spacial score (nSPS) is 10.1. The molecule has 0 amide bonds. The third-order valence-corrected chi connectivity index (χ3v) is 2.93. The number of nitrogens with zero attached hydrogens (tertiary/aromatic N) is 1. The number of carbonyl (C=O) groups excluding carboxylic acids is 1. The molecule has 0 N–H and O–H groups in total. The number of esters is 1. The Balaban J connectivity index is 3.04. The molecule has 0 bridgehead atoms. The van der Waals surface area contributed by atoms with Gasteiger partial charge in [0.25, 0.3) is 5.69 Å². The van der Waals surface area contributed by atoms with Gasteiger partial charge in [-0.15, -0.1) is 0 Å². The molecule has 1 aromatic rings. The number of aryl methyl sites for hydroxylation is 1. The van der Waals surface area contributed by atoms with Crippen molar-refractivity contribution >= 4 is 27.6 Å². The minimum atomic E-state index is -0.451. The van der Waals surface area contributed by atoms with Crippen LogP contribution in [-0.4, -0.2) is 22.8 Å². The minimum absolute atomic E-state index is 0.0454. The Morgan fingerprint density at radius 2 is 2.22 bits per heavy atom. The molecule has 0 saturated heterocycles. The van der Waals surface area contributed by atoms with E-state index < -0.39 is 10.9 Å². The maximum atomic E-state index is 11.6. The Hall–Kier alpha value is -1.43. The summed E-state index contributed by atoms with van der Waals surface area (Å²) in [5.41, 5.74) is 0.959. The minimum Gasteiger partial charge on any atom is -0.462 e. The molecule has 18 heavy (non-hydrogen) atoms. The van der Waals surface area contributed by atoms with Crippen molar-refractivity contribution in [3.8, 4) is 0 Å². The maximum Gasteiger partial charge on any atom is 0.338 e. The molecule has 0 spiro atoms. The lowest BCUT2D eigenvalue weighted by Gasteiger charge is -2.05. The first-order valence-electron chi connectivity index (χ1n) is 5.60. The molecule has 1 aromatic carbocycles. The molecule has 0 heterocycles. The highest BCUT2D eigenvalue weighted by molar-refractivity contribution is 9.09. The van der Waals surface area contributed by atoms with Crippen LogP contribution >= 0.6 is 15.9 Å². The fourth-order valence-corrected chi connectivity index (χ4v) is 1.84. The SMILES string of the molecule is CCOC(=O)c1ccc([N+](=O)[O-])c(CCCBr)c1. The second-order valence-electron chi connectivity index (χ2n) is 3.61. The van der Waals surface area contributed by atoms with Crippen LogP contribution < -0.4 is 0 Å². The standard InChI is InChI=1S/C12H14BrNO4/c1-2-18-12(15)10-5-6-11(14(16)17)9(8-10)4-3-7-13/h5-6,8H,2-4,7H2,1H3. The van der Waals surface area contributed by atoms with Crippen molar-refractivity contribution in [2.45, 2.75) is 19.8 Å². The number of nitro benzene ring substituents is 1. The quantitative estimate of drug-likeness (QED) is 0.350. The number of alkyl halides is 1. The molecule has 0 atom stereocenters. The van der Waals surface area contributed by atoms with E-state index in [0.29, 0.717) is 17.5 Å². The lowest BCUT2D eigenvalue weighted by molar-refractivity contribution is -0.385. The summed E-state index contributed by atoms with van der Waals surface area (Å²) in [7, 11) is 0. The first-order valence-corrected chi connectivity index (χ1v) is 6.72. The first kappa shape index (κ1) is 14.6. The molecule has 0 aromatic heterocycles. The number of rotatable bonds is 6. The lowest BCUT2D eigenvalue weighted by Crippen LogP contribution is -2.06. The average molecular weight is 316 g/mol. The van der Waals surface area contributed by atoms with Gasteiger partial charge >= 0.3 is 5.97 Å². The number of nitro groups is 1. The van der Waals surface area contributed by atoms with Gasteiger partial charge in [-0.2, -0.15) is 0 Å². The molecule has 5 nitrogen and oxygen atoms in total. The fourth-order valence-electron chi connectivity index (χ4n) is 1.56. The van der Waals surface area contributed by atoms with E-state index in [1.54, 1.807) is 13.0 Å². The summed E-state index contributed by atoms with van der Waals surface area (Å²) >= 11 is 3.28. The highest BCUT2D eigenvalue weighted by atomic mass is 79.9. The molecular formula is C12H14BrNO4. The van der Waals surface area contributed by atoms with Gasteiger partial charge in [0.15, 0.2) is 0 Å². The monoisotopic (exact) mass is 315 g/mol. The highest BCUT2D eigenvalue weighted by Crippen LogP contribution is 2.22. The van der Waals surface area contributed by atoms with Gasteiger partial charge in [0.2, 0.25) is 0 Å². The second kappa shape index (κ2) is 7.10. The molecule has 0 saturated carbocycles. The van der Waals surface area contributed by atoms with Crippen LogP contribution in [0, 0.1) is 10.1 Å². The Kier molecular flexibility index (Phi) is 5.77. The average Bonchev–Trinajstić information content (AvgIpc) is 2.36. The molecule has 0 aliphatic rings. The van der Waals surface area contributed by atoms with Crippen LogP contribution in [-0.2, 0) is 11.2 Å². The van der Waals surface area contributed by atoms with Gasteiger partial charge in [0, 0.05) is 17.0 Å². The smallest absolute Gasteiger partial charge is 0.338 e. The van der Waals surface area contributed by atoms with Gasteiger partial charge < -0.3 is 4.74 Å². The van der Waals surface area contributed by atoms with Gasteiger partial charge in [-0.1, -0.05) is 15.9 Å². The topological polar surface area (TPSA) is 69.4 Å². The van der Waals surface area contributed by atoms with Gasteiger partial charge in [-0.25, -0.2) is 4.79 Å². The molecular weight excluding hydrogens is 302 g/mol. The number of carbonyl (C=O) groups is 1. The van der Waals surface area contributed by atoms with Crippen molar-refractivity contribution in [3.63, 3.8) is 0 Å². The van der Waals surface area contributed by atoms with Crippen molar-refractivity contribution in [2.24, 2.45) is 0 Å². The third kappa shape index (κ3) is 3.80. The van der Waals surface area contributed by atoms with E-state index in [2.05, 4.69) is 15.9 Å². The van der Waals surface area contributed by atoms with Crippen molar-refractivity contribution in [3.05, 3.63) is 39.4 Å². The summed E-state index contributed by atoms with van der Waals surface area (Å²) in [6, 6.07) is 4.32. The highest BCUT2D eigenvalue weighted by Gasteiger charge is 2.16. The maximum absolute atomic E-state index is 11.6. The zero-order chi connectivity index (χ0) is 13.5. The van der Waals surface area contributed by atoms with E-state index in [4.69, 9.17) is 4.74 Å². The van der Waals surface area contributed by atoms with E-state index in [-0.39, 0.29) is 12.3 Å². The Bertz CT molecular complexity index is 448. The molecule has 0 fully saturated rings. The molecule has 0 unspecified atom stereocenters. The van der Waals surface area contributed by atoms with Crippen molar-refractivity contribution < 1.29 is 14.5 Å². The van der Waals surface area contributed by atoms with Crippen LogP contribution in [0.1, 0.15) is 29.3 Å². The number of halogens is 1. The zero-order valence-electron chi connectivity index (χ0n) is 10.0. The molecule has 1 rings (SSSR count). The number of hydrogen-bond donors (Lipinski definition) is 0. The number of ether oxygens (including phenoxy) is 1. The van der Waals surface area contributed by atoms with Crippen LogP contribution in [0.2, 0.25) is 0 Å². The third-order valence-electron chi connectivity index (χ3n) is 2.37. The summed E-state index contributed by atoms with van der Waals surface area (Å²) in [6.45, 7) is 2.00. The van der Waals surface area contributed by atoms with Crippen LogP contribution in [0.3, 0.4) is 0 Å².